The van der Waals surface area contributed by atoms with Gasteiger partial charge in [0.1, 0.15) is 6.54 Å². The summed E-state index contributed by atoms with van der Waals surface area (Å²) >= 11 is 0. The van der Waals surface area contributed by atoms with E-state index in [-0.39, 0.29) is 23.4 Å². The minimum absolute atomic E-state index is 0.0402. The number of fused-ring (bicyclic) bond motifs is 1. The summed E-state index contributed by atoms with van der Waals surface area (Å²) < 4.78 is 23.2. The van der Waals surface area contributed by atoms with Gasteiger partial charge in [-0.25, -0.2) is 13.6 Å². The number of primary sulfonamides is 1. The summed E-state index contributed by atoms with van der Waals surface area (Å²) in [7, 11) is -3.79. The highest BCUT2D eigenvalue weighted by Gasteiger charge is 2.32. The van der Waals surface area contributed by atoms with Gasteiger partial charge >= 0.3 is 0 Å². The van der Waals surface area contributed by atoms with Gasteiger partial charge in [0.2, 0.25) is 15.8 Å². The molecule has 1 aromatic heterocycles. The average Bonchev–Trinajstić information content (AvgIpc) is 3.24. The monoisotopic (exact) mass is 412 g/mol. The number of aromatic nitrogens is 4. The topological polar surface area (TPSA) is 124 Å². The molecule has 0 spiro atoms. The van der Waals surface area contributed by atoms with Crippen LogP contribution in [0.25, 0.3) is 11.4 Å². The Labute approximate surface area is 168 Å². The highest BCUT2D eigenvalue weighted by molar-refractivity contribution is 7.89. The third kappa shape index (κ3) is 3.76. The molecule has 2 aromatic carbocycles. The molecule has 4 rings (SSSR count). The predicted octanol–water partition coefficient (Wildman–Crippen LogP) is 1.27. The van der Waals surface area contributed by atoms with Crippen LogP contribution in [-0.2, 0) is 27.8 Å². The molecule has 0 radical (unpaired) electrons. The molecule has 150 valence electrons. The van der Waals surface area contributed by atoms with Gasteiger partial charge in [-0.3, -0.25) is 4.79 Å². The highest BCUT2D eigenvalue weighted by atomic mass is 32.2. The van der Waals surface area contributed by atoms with Gasteiger partial charge in [0.05, 0.1) is 4.90 Å². The zero-order chi connectivity index (χ0) is 20.8. The van der Waals surface area contributed by atoms with Crippen LogP contribution in [0, 0.1) is 6.92 Å². The van der Waals surface area contributed by atoms with E-state index in [1.165, 1.54) is 16.9 Å². The molecular formula is C19H20N6O3S. The van der Waals surface area contributed by atoms with Crippen LogP contribution in [0.15, 0.2) is 47.4 Å². The lowest BCUT2D eigenvalue weighted by Crippen LogP contribution is -2.38. The molecule has 1 aliphatic heterocycles. The zero-order valence-corrected chi connectivity index (χ0v) is 16.8. The van der Waals surface area contributed by atoms with Gasteiger partial charge in [0.15, 0.2) is 0 Å². The number of nitrogens with two attached hydrogens (primary N) is 1. The largest absolute Gasteiger partial charge is 0.307 e. The number of anilines is 1. The summed E-state index contributed by atoms with van der Waals surface area (Å²) in [6.07, 6.45) is 0.545. The molecule has 2 N–H and O–H groups in total. The highest BCUT2D eigenvalue weighted by Crippen LogP contribution is 2.33. The van der Waals surface area contributed by atoms with Crippen molar-refractivity contribution < 1.29 is 13.2 Å². The van der Waals surface area contributed by atoms with Crippen LogP contribution in [0.5, 0.6) is 0 Å². The van der Waals surface area contributed by atoms with Crippen LogP contribution >= 0.6 is 0 Å². The lowest BCUT2D eigenvalue weighted by molar-refractivity contribution is -0.119. The van der Waals surface area contributed by atoms with Crippen LogP contribution in [0.2, 0.25) is 0 Å². The second-order valence-electron chi connectivity index (χ2n) is 7.16. The van der Waals surface area contributed by atoms with E-state index in [1.807, 2.05) is 38.1 Å². The van der Waals surface area contributed by atoms with Gasteiger partial charge in [-0.15, -0.1) is 10.2 Å². The Morgan fingerprint density at radius 3 is 2.62 bits per heavy atom. The first-order chi connectivity index (χ1) is 13.7. The van der Waals surface area contributed by atoms with Crippen LogP contribution in [0.3, 0.4) is 0 Å². The molecule has 29 heavy (non-hydrogen) atoms. The standard InChI is InChI=1S/C19H20N6O3S/c1-12-3-5-14(6-4-12)19-21-23-24(22-19)11-18(26)25-13(2)9-15-10-16(29(20,27)28)7-8-17(15)25/h3-8,10,13H,9,11H2,1-2H3,(H2,20,27,28). The van der Waals surface area contributed by atoms with Crippen LogP contribution in [-0.4, -0.2) is 40.6 Å². The lowest BCUT2D eigenvalue weighted by Gasteiger charge is -2.22. The molecule has 1 amide bonds. The fourth-order valence-electron chi connectivity index (χ4n) is 3.49. The Bertz CT molecular complexity index is 1190. The third-order valence-electron chi connectivity index (χ3n) is 4.90. The Balaban J connectivity index is 1.55. The summed E-state index contributed by atoms with van der Waals surface area (Å²) in [6, 6.07) is 12.2. The molecule has 3 aromatic rings. The Kier molecular flexibility index (Phi) is 4.67. The van der Waals surface area contributed by atoms with E-state index < -0.39 is 10.0 Å². The van der Waals surface area contributed by atoms with Crippen LogP contribution in [0.1, 0.15) is 18.1 Å². The maximum absolute atomic E-state index is 12.9. The predicted molar refractivity (Wildman–Crippen MR) is 106 cm³/mol. The van der Waals surface area contributed by atoms with Crippen molar-refractivity contribution in [2.75, 3.05) is 4.90 Å². The number of aryl methyl sites for hydroxylation is 1. The van der Waals surface area contributed by atoms with Crippen molar-refractivity contribution in [2.45, 2.75) is 37.8 Å². The number of sulfonamides is 1. The van der Waals surface area contributed by atoms with Gasteiger partial charge in [0, 0.05) is 17.3 Å². The number of benzene rings is 2. The zero-order valence-electron chi connectivity index (χ0n) is 16.0. The average molecular weight is 412 g/mol. The first-order valence-electron chi connectivity index (χ1n) is 9.05. The number of hydrogen-bond acceptors (Lipinski definition) is 6. The number of rotatable bonds is 4. The fourth-order valence-corrected chi connectivity index (χ4v) is 4.05. The molecule has 0 saturated carbocycles. The van der Waals surface area contributed by atoms with Gasteiger partial charge in [0.25, 0.3) is 5.91 Å². The van der Waals surface area contributed by atoms with E-state index in [2.05, 4.69) is 15.4 Å². The summed E-state index contributed by atoms with van der Waals surface area (Å²) in [5.41, 5.74) is 3.39. The van der Waals surface area contributed by atoms with Gasteiger partial charge in [-0.2, -0.15) is 4.80 Å². The van der Waals surface area contributed by atoms with Crippen LogP contribution in [0.4, 0.5) is 5.69 Å². The first kappa shape index (κ1) is 19.2. The van der Waals surface area contributed by atoms with E-state index in [9.17, 15) is 13.2 Å². The van der Waals surface area contributed by atoms with E-state index in [4.69, 9.17) is 5.14 Å². The smallest absolute Gasteiger partial charge is 0.250 e. The molecule has 0 aliphatic carbocycles. The van der Waals surface area contributed by atoms with Crippen molar-refractivity contribution in [3.05, 3.63) is 53.6 Å². The number of amides is 1. The maximum atomic E-state index is 12.9. The number of carbonyl (C=O) groups is 1. The Morgan fingerprint density at radius 2 is 1.93 bits per heavy atom. The molecule has 10 heteroatoms. The molecule has 0 saturated heterocycles. The second-order valence-corrected chi connectivity index (χ2v) is 8.72. The fraction of sp³-hybridized carbons (Fsp3) is 0.263. The minimum Gasteiger partial charge on any atom is -0.307 e. The molecule has 0 bridgehead atoms. The van der Waals surface area contributed by atoms with E-state index >= 15 is 0 Å². The molecule has 9 nitrogen and oxygen atoms in total. The van der Waals surface area contributed by atoms with E-state index in [1.54, 1.807) is 11.0 Å². The van der Waals surface area contributed by atoms with E-state index in [0.29, 0.717) is 17.9 Å². The molecule has 2 heterocycles. The summed E-state index contributed by atoms with van der Waals surface area (Å²) in [5, 5.41) is 17.5. The summed E-state index contributed by atoms with van der Waals surface area (Å²) in [6.45, 7) is 3.83. The first-order valence-corrected chi connectivity index (χ1v) is 10.6. The molecule has 1 aliphatic rings. The third-order valence-corrected chi connectivity index (χ3v) is 5.81. The summed E-state index contributed by atoms with van der Waals surface area (Å²) in [5.74, 6) is 0.248. The number of carbonyl (C=O) groups excluding carboxylic acids is 1. The van der Waals surface area contributed by atoms with Gasteiger partial charge in [-0.05, 0) is 49.2 Å². The quantitative estimate of drug-likeness (QED) is 0.688. The van der Waals surface area contributed by atoms with Gasteiger partial charge < -0.3 is 4.90 Å². The second kappa shape index (κ2) is 7.05. The van der Waals surface area contributed by atoms with Gasteiger partial charge in [-0.1, -0.05) is 29.8 Å². The number of hydrogen-bond donors (Lipinski definition) is 1. The molecular weight excluding hydrogens is 392 g/mol. The lowest BCUT2D eigenvalue weighted by atomic mass is 10.1. The molecule has 1 unspecified atom stereocenters. The van der Waals surface area contributed by atoms with Crippen molar-refractivity contribution in [2.24, 2.45) is 5.14 Å². The number of tetrazole rings is 1. The van der Waals surface area contributed by atoms with Crippen LogP contribution < -0.4 is 10.0 Å². The van der Waals surface area contributed by atoms with Crippen molar-refractivity contribution in [1.82, 2.24) is 20.2 Å². The maximum Gasteiger partial charge on any atom is 0.250 e. The normalized spacial score (nSPS) is 16.1. The van der Waals surface area contributed by atoms with E-state index in [0.717, 1.165) is 16.7 Å². The SMILES string of the molecule is Cc1ccc(-c2nnn(CC(=O)N3c4ccc(S(N)(=O)=O)cc4CC3C)n2)cc1. The number of nitrogens with zero attached hydrogens (tertiary/aromatic N) is 5. The Hall–Kier alpha value is -3.11. The van der Waals surface area contributed by atoms with Crippen molar-refractivity contribution in [3.8, 4) is 11.4 Å². The minimum atomic E-state index is -3.79. The van der Waals surface area contributed by atoms with Crippen molar-refractivity contribution in [3.63, 3.8) is 0 Å². The summed E-state index contributed by atoms with van der Waals surface area (Å²) in [4.78, 5) is 15.9. The molecule has 0 fully saturated rings. The van der Waals surface area contributed by atoms with Crippen molar-refractivity contribution in [1.29, 1.82) is 0 Å². The molecule has 1 atom stereocenters. The van der Waals surface area contributed by atoms with Crippen molar-refractivity contribution >= 4 is 21.6 Å². The Morgan fingerprint density at radius 1 is 1.21 bits per heavy atom.